The van der Waals surface area contributed by atoms with Crippen molar-refractivity contribution in [2.45, 2.75) is 39.8 Å². The number of methoxy groups -OCH3 is 2. The Morgan fingerprint density at radius 2 is 1.60 bits per heavy atom. The zero-order valence-electron chi connectivity index (χ0n) is 18.3. The van der Waals surface area contributed by atoms with Crippen LogP contribution in [0, 0.1) is 5.41 Å². The number of fused-ring (bicyclic) bond motifs is 1. The molecular formula is C24H30N2O4. The number of carbonyl (C=O) groups excluding carboxylic acids is 2. The zero-order chi connectivity index (χ0) is 21.9. The van der Waals surface area contributed by atoms with Gasteiger partial charge in [-0.15, -0.1) is 0 Å². The van der Waals surface area contributed by atoms with Gasteiger partial charge >= 0.3 is 0 Å². The van der Waals surface area contributed by atoms with Gasteiger partial charge in [-0.05, 0) is 47.2 Å². The van der Waals surface area contributed by atoms with E-state index >= 15 is 0 Å². The summed E-state index contributed by atoms with van der Waals surface area (Å²) >= 11 is 0. The number of benzene rings is 2. The summed E-state index contributed by atoms with van der Waals surface area (Å²) in [7, 11) is 3.22. The maximum Gasteiger partial charge on any atom is 0.251 e. The monoisotopic (exact) mass is 410 g/mol. The van der Waals surface area contributed by atoms with Crippen molar-refractivity contribution in [3.63, 3.8) is 0 Å². The Labute approximate surface area is 178 Å². The van der Waals surface area contributed by atoms with Crippen LogP contribution in [0.4, 0.5) is 0 Å². The normalized spacial score (nSPS) is 14.5. The van der Waals surface area contributed by atoms with Gasteiger partial charge in [0.05, 0.1) is 14.2 Å². The predicted molar refractivity (Wildman–Crippen MR) is 116 cm³/mol. The van der Waals surface area contributed by atoms with E-state index in [4.69, 9.17) is 9.47 Å². The topological polar surface area (TPSA) is 67.9 Å². The third kappa shape index (κ3) is 4.58. The van der Waals surface area contributed by atoms with Gasteiger partial charge in [-0.25, -0.2) is 0 Å². The second-order valence-electron chi connectivity index (χ2n) is 8.62. The summed E-state index contributed by atoms with van der Waals surface area (Å²) in [4.78, 5) is 28.0. The zero-order valence-corrected chi connectivity index (χ0v) is 18.3. The van der Waals surface area contributed by atoms with Gasteiger partial charge < -0.3 is 19.7 Å². The summed E-state index contributed by atoms with van der Waals surface area (Å²) in [5.74, 6) is 1.02. The summed E-state index contributed by atoms with van der Waals surface area (Å²) in [6.07, 6.45) is 0.727. The van der Waals surface area contributed by atoms with Crippen molar-refractivity contribution in [1.82, 2.24) is 10.2 Å². The summed E-state index contributed by atoms with van der Waals surface area (Å²) in [5, 5.41) is 2.96. The van der Waals surface area contributed by atoms with Gasteiger partial charge in [0.25, 0.3) is 5.91 Å². The van der Waals surface area contributed by atoms with E-state index in [9.17, 15) is 9.59 Å². The van der Waals surface area contributed by atoms with E-state index in [1.807, 2.05) is 56.0 Å². The van der Waals surface area contributed by atoms with Crippen LogP contribution < -0.4 is 14.8 Å². The lowest BCUT2D eigenvalue weighted by Crippen LogP contribution is -2.55. The molecule has 2 aromatic carbocycles. The molecule has 1 aliphatic rings. The Kier molecular flexibility index (Phi) is 6.34. The number of amides is 2. The molecule has 30 heavy (non-hydrogen) atoms. The maximum absolute atomic E-state index is 13.5. The van der Waals surface area contributed by atoms with Crippen LogP contribution >= 0.6 is 0 Å². The van der Waals surface area contributed by atoms with Crippen molar-refractivity contribution < 1.29 is 19.1 Å². The lowest BCUT2D eigenvalue weighted by molar-refractivity contribution is -0.136. The maximum atomic E-state index is 13.5. The van der Waals surface area contributed by atoms with Crippen molar-refractivity contribution in [3.8, 4) is 11.5 Å². The molecule has 0 saturated carbocycles. The molecule has 1 atom stereocenters. The first-order chi connectivity index (χ1) is 14.2. The van der Waals surface area contributed by atoms with Gasteiger partial charge in [0.2, 0.25) is 5.91 Å². The average Bonchev–Trinajstić information content (AvgIpc) is 2.75. The number of hydrogen-bond acceptors (Lipinski definition) is 4. The lowest BCUT2D eigenvalue weighted by atomic mass is 9.85. The van der Waals surface area contributed by atoms with Crippen molar-refractivity contribution in [2.75, 3.05) is 20.8 Å². The number of hydrogen-bond donors (Lipinski definition) is 1. The first kappa shape index (κ1) is 21.7. The van der Waals surface area contributed by atoms with Crippen LogP contribution in [0.25, 0.3) is 0 Å². The second kappa shape index (κ2) is 8.78. The number of carbonyl (C=O) groups is 2. The Hall–Kier alpha value is -3.02. The minimum absolute atomic E-state index is 0.0767. The first-order valence-electron chi connectivity index (χ1n) is 10.1. The average molecular weight is 411 g/mol. The van der Waals surface area contributed by atoms with Crippen molar-refractivity contribution in [3.05, 3.63) is 59.2 Å². The highest BCUT2D eigenvalue weighted by atomic mass is 16.5. The van der Waals surface area contributed by atoms with Crippen LogP contribution in [0.2, 0.25) is 0 Å². The number of nitrogens with zero attached hydrogens (tertiary/aromatic N) is 1. The van der Waals surface area contributed by atoms with Crippen LogP contribution in [0.1, 0.15) is 42.3 Å². The third-order valence-electron chi connectivity index (χ3n) is 5.45. The fourth-order valence-corrected chi connectivity index (χ4v) is 3.71. The molecule has 6 nitrogen and oxygen atoms in total. The standard InChI is InChI=1S/C24H30N2O4/c1-24(2,3)21(25-22(27)16-9-7-6-8-10-16)23(28)26-12-11-17-13-19(29-4)20(30-5)14-18(17)15-26/h6-10,13-14,21H,11-12,15H2,1-5H3,(H,25,27)/t21-/m1/s1. The van der Waals surface area contributed by atoms with E-state index in [0.717, 1.165) is 17.5 Å². The molecule has 0 aliphatic carbocycles. The highest BCUT2D eigenvalue weighted by Gasteiger charge is 2.37. The molecule has 0 fully saturated rings. The highest BCUT2D eigenvalue weighted by Crippen LogP contribution is 2.34. The Morgan fingerprint density at radius 3 is 2.17 bits per heavy atom. The molecule has 1 heterocycles. The molecule has 0 bridgehead atoms. The van der Waals surface area contributed by atoms with E-state index in [1.54, 1.807) is 26.4 Å². The van der Waals surface area contributed by atoms with E-state index in [1.165, 1.54) is 0 Å². The molecule has 1 N–H and O–H groups in total. The van der Waals surface area contributed by atoms with E-state index in [2.05, 4.69) is 5.32 Å². The molecule has 6 heteroatoms. The second-order valence-corrected chi connectivity index (χ2v) is 8.62. The summed E-state index contributed by atoms with van der Waals surface area (Å²) in [6, 6.07) is 12.3. The Balaban J connectivity index is 1.81. The van der Waals surface area contributed by atoms with Gasteiger partial charge in [0, 0.05) is 18.7 Å². The number of ether oxygens (including phenoxy) is 2. The summed E-state index contributed by atoms with van der Waals surface area (Å²) in [5.41, 5.74) is 2.30. The molecule has 0 spiro atoms. The lowest BCUT2D eigenvalue weighted by Gasteiger charge is -2.37. The number of rotatable bonds is 5. The predicted octanol–water partition coefficient (Wildman–Crippen LogP) is 3.43. The highest BCUT2D eigenvalue weighted by molar-refractivity contribution is 5.97. The van der Waals surface area contributed by atoms with E-state index in [-0.39, 0.29) is 11.8 Å². The Bertz CT molecular complexity index is 919. The van der Waals surface area contributed by atoms with E-state index < -0.39 is 11.5 Å². The summed E-state index contributed by atoms with van der Waals surface area (Å²) < 4.78 is 10.8. The molecule has 0 saturated heterocycles. The van der Waals surface area contributed by atoms with Crippen LogP contribution in [0.3, 0.4) is 0 Å². The van der Waals surface area contributed by atoms with Gasteiger partial charge in [-0.1, -0.05) is 39.0 Å². The minimum Gasteiger partial charge on any atom is -0.493 e. The Morgan fingerprint density at radius 1 is 1.00 bits per heavy atom. The third-order valence-corrected chi connectivity index (χ3v) is 5.45. The van der Waals surface area contributed by atoms with Crippen LogP contribution in [0.15, 0.2) is 42.5 Å². The molecular weight excluding hydrogens is 380 g/mol. The molecule has 0 unspecified atom stereocenters. The van der Waals surface area contributed by atoms with E-state index in [0.29, 0.717) is 30.2 Å². The molecule has 0 aromatic heterocycles. The van der Waals surface area contributed by atoms with Crippen molar-refractivity contribution in [1.29, 1.82) is 0 Å². The van der Waals surface area contributed by atoms with Crippen LogP contribution in [0.5, 0.6) is 11.5 Å². The fourth-order valence-electron chi connectivity index (χ4n) is 3.71. The van der Waals surface area contributed by atoms with Gasteiger partial charge in [0.1, 0.15) is 6.04 Å². The molecule has 160 valence electrons. The smallest absolute Gasteiger partial charge is 0.251 e. The minimum atomic E-state index is -0.632. The van der Waals surface area contributed by atoms with Crippen LogP contribution in [-0.4, -0.2) is 43.5 Å². The van der Waals surface area contributed by atoms with Gasteiger partial charge in [-0.3, -0.25) is 9.59 Å². The quantitative estimate of drug-likeness (QED) is 0.820. The summed E-state index contributed by atoms with van der Waals surface area (Å²) in [6.45, 7) is 6.96. The SMILES string of the molecule is COc1cc2c(cc1OC)CN(C(=O)[C@@H](NC(=O)c1ccccc1)C(C)(C)C)CC2. The first-order valence-corrected chi connectivity index (χ1v) is 10.1. The largest absolute Gasteiger partial charge is 0.493 e. The van der Waals surface area contributed by atoms with Gasteiger partial charge in [0.15, 0.2) is 11.5 Å². The van der Waals surface area contributed by atoms with Crippen LogP contribution in [-0.2, 0) is 17.8 Å². The van der Waals surface area contributed by atoms with Gasteiger partial charge in [-0.2, -0.15) is 0 Å². The van der Waals surface area contributed by atoms with Crippen molar-refractivity contribution in [2.24, 2.45) is 5.41 Å². The molecule has 2 aromatic rings. The van der Waals surface area contributed by atoms with Crippen molar-refractivity contribution >= 4 is 11.8 Å². The molecule has 2 amide bonds. The fraction of sp³-hybridized carbons (Fsp3) is 0.417. The molecule has 0 radical (unpaired) electrons. The molecule has 3 rings (SSSR count). The molecule has 1 aliphatic heterocycles. The number of nitrogens with one attached hydrogen (secondary N) is 1.